The molecule has 3 aromatic rings. The summed E-state index contributed by atoms with van der Waals surface area (Å²) in [5.41, 5.74) is 0.950. The second-order valence-corrected chi connectivity index (χ2v) is 10.9. The molecule has 4 nitrogen and oxygen atoms in total. The third-order valence-corrected chi connectivity index (χ3v) is 8.30. The van der Waals surface area contributed by atoms with Crippen molar-refractivity contribution in [2.24, 2.45) is 5.92 Å². The van der Waals surface area contributed by atoms with Gasteiger partial charge in [-0.2, -0.15) is 0 Å². The Bertz CT molecular complexity index is 1020. The van der Waals surface area contributed by atoms with Gasteiger partial charge in [0.2, 0.25) is 13.3 Å². The first-order valence-corrected chi connectivity index (χ1v) is 12.7. The topological polar surface area (TPSA) is 42.7 Å². The fourth-order valence-electron chi connectivity index (χ4n) is 3.96. The molecule has 0 spiro atoms. The van der Waals surface area contributed by atoms with Crippen LogP contribution < -0.4 is 20.4 Å². The fourth-order valence-corrected chi connectivity index (χ4v) is 6.47. The number of hydrogen-bond donors (Lipinski definition) is 1. The van der Waals surface area contributed by atoms with Gasteiger partial charge in [-0.3, -0.25) is 9.65 Å². The molecule has 3 rings (SSSR count). The first kappa shape index (κ1) is 23.8. The number of methoxy groups -OCH3 is 1. The lowest BCUT2D eigenvalue weighted by Crippen LogP contribution is -2.36. The average molecular weight is 447 g/mol. The minimum Gasteiger partial charge on any atom is -0.497 e. The van der Waals surface area contributed by atoms with Crippen LogP contribution in [0, 0.1) is 12.5 Å². The van der Waals surface area contributed by atoms with Crippen LogP contribution in [-0.4, -0.2) is 13.2 Å². The van der Waals surface area contributed by atoms with Gasteiger partial charge in [0.05, 0.1) is 7.11 Å². The minimum absolute atomic E-state index is 0.0811. The highest BCUT2D eigenvalue weighted by Crippen LogP contribution is 2.41. The Kier molecular flexibility index (Phi) is 8.28. The van der Waals surface area contributed by atoms with Crippen molar-refractivity contribution in [3.8, 4) is 5.75 Å². The Morgan fingerprint density at radius 2 is 1.41 bits per heavy atom. The predicted octanol–water partition coefficient (Wildman–Crippen LogP) is 5.98. The molecule has 3 aromatic carbocycles. The molecule has 0 bridgehead atoms. The zero-order chi connectivity index (χ0) is 23.0. The molecule has 2 atom stereocenters. The van der Waals surface area contributed by atoms with Crippen molar-refractivity contribution in [1.82, 2.24) is 5.09 Å². The van der Waals surface area contributed by atoms with E-state index in [0.717, 1.165) is 28.3 Å². The number of hydrogen-bond acceptors (Lipinski definition) is 2. The molecule has 0 aliphatic heterocycles. The Morgan fingerprint density at radius 3 is 1.84 bits per heavy atom. The summed E-state index contributed by atoms with van der Waals surface area (Å²) in [5.74, 6) is 1.17. The van der Waals surface area contributed by atoms with Gasteiger partial charge in [0.25, 0.3) is 0 Å². The zero-order valence-corrected chi connectivity index (χ0v) is 19.8. The van der Waals surface area contributed by atoms with Gasteiger partial charge in [0, 0.05) is 28.6 Å². The number of ether oxygens (including phenoxy) is 1. The highest BCUT2D eigenvalue weighted by Gasteiger charge is 2.33. The lowest BCUT2D eigenvalue weighted by molar-refractivity contribution is 0.414. The van der Waals surface area contributed by atoms with Crippen LogP contribution in [0.3, 0.4) is 0 Å². The molecule has 0 aromatic heterocycles. The van der Waals surface area contributed by atoms with Crippen molar-refractivity contribution in [3.63, 3.8) is 0 Å². The summed E-state index contributed by atoms with van der Waals surface area (Å²) >= 11 is 0. The van der Waals surface area contributed by atoms with Crippen LogP contribution in [0.2, 0.25) is 0 Å². The van der Waals surface area contributed by atoms with E-state index in [2.05, 4.69) is 23.8 Å². The third-order valence-electron chi connectivity index (χ3n) is 5.52. The summed E-state index contributed by atoms with van der Waals surface area (Å²) in [7, 11) is -1.45. The van der Waals surface area contributed by atoms with Crippen molar-refractivity contribution in [2.45, 2.75) is 38.8 Å². The number of nitrogens with zero attached hydrogens (tertiary/aromatic N) is 1. The highest BCUT2D eigenvalue weighted by atomic mass is 31.2. The maximum Gasteiger partial charge on any atom is 0.250 e. The van der Waals surface area contributed by atoms with Crippen molar-refractivity contribution in [2.75, 3.05) is 7.11 Å². The molecule has 0 saturated carbocycles. The van der Waals surface area contributed by atoms with E-state index >= 15 is 0 Å². The van der Waals surface area contributed by atoms with Gasteiger partial charge in [-0.25, -0.2) is 6.57 Å². The van der Waals surface area contributed by atoms with Crippen molar-refractivity contribution in [1.29, 1.82) is 0 Å². The molecule has 0 unspecified atom stereocenters. The lowest BCUT2D eigenvalue weighted by atomic mass is 9.95. The molecule has 1 N–H and O–H groups in total. The Morgan fingerprint density at radius 1 is 0.875 bits per heavy atom. The summed E-state index contributed by atoms with van der Waals surface area (Å²) < 4.78 is 19.7. The summed E-state index contributed by atoms with van der Waals surface area (Å²) in [5, 5.41) is 5.10. The number of benzene rings is 3. The number of rotatable bonds is 10. The second kappa shape index (κ2) is 11.1. The molecule has 0 aliphatic rings. The van der Waals surface area contributed by atoms with Gasteiger partial charge >= 0.3 is 0 Å². The molecule has 0 fully saturated rings. The van der Waals surface area contributed by atoms with E-state index in [1.54, 1.807) is 7.11 Å². The first-order chi connectivity index (χ1) is 15.5. The fraction of sp³-hybridized carbons (Fsp3) is 0.296. The van der Waals surface area contributed by atoms with E-state index in [4.69, 9.17) is 11.3 Å². The van der Waals surface area contributed by atoms with Gasteiger partial charge in [-0.05, 0) is 60.9 Å². The standard InChI is InChI=1S/C27H31N2O2P/c1-21(2)19-23(20-27(28-3)22-15-17-24(31-4)18-16-22)29-32(30,25-11-7-5-8-12-25)26-13-9-6-10-14-26/h5-18,21,23,27H,19-20H2,1-2,4H3,(H,29,30)/t23-,27-/m0/s1. The van der Waals surface area contributed by atoms with Crippen LogP contribution in [0.1, 0.15) is 38.3 Å². The predicted molar refractivity (Wildman–Crippen MR) is 133 cm³/mol. The molecular formula is C27H31N2O2P. The van der Waals surface area contributed by atoms with Gasteiger partial charge in [-0.15, -0.1) is 0 Å². The molecule has 0 aliphatic carbocycles. The van der Waals surface area contributed by atoms with Crippen LogP contribution in [0.5, 0.6) is 5.75 Å². The van der Waals surface area contributed by atoms with Crippen LogP contribution in [0.25, 0.3) is 4.85 Å². The van der Waals surface area contributed by atoms with Crippen LogP contribution in [-0.2, 0) is 4.57 Å². The molecule has 0 saturated heterocycles. The van der Waals surface area contributed by atoms with E-state index in [-0.39, 0.29) is 12.1 Å². The minimum atomic E-state index is -3.08. The van der Waals surface area contributed by atoms with Gasteiger partial charge in [-0.1, -0.05) is 50.2 Å². The van der Waals surface area contributed by atoms with Crippen LogP contribution in [0.4, 0.5) is 0 Å². The van der Waals surface area contributed by atoms with Crippen LogP contribution in [0.15, 0.2) is 84.9 Å². The summed E-state index contributed by atoms with van der Waals surface area (Å²) in [6.45, 7) is 12.1. The third kappa shape index (κ3) is 5.88. The highest BCUT2D eigenvalue weighted by molar-refractivity contribution is 7.76. The SMILES string of the molecule is [C-]#[N+][C@@H](C[C@H](CC(C)C)NP(=O)(c1ccccc1)c1ccccc1)c1ccc(OC)cc1. The smallest absolute Gasteiger partial charge is 0.250 e. The first-order valence-electron chi connectivity index (χ1n) is 11.0. The monoisotopic (exact) mass is 446 g/mol. The van der Waals surface area contributed by atoms with Gasteiger partial charge < -0.3 is 9.58 Å². The Hall–Kier alpha value is -2.86. The van der Waals surface area contributed by atoms with E-state index in [1.165, 1.54) is 0 Å². The molecule has 5 heteroatoms. The quantitative estimate of drug-likeness (QED) is 0.308. The normalized spacial score (nSPS) is 13.3. The van der Waals surface area contributed by atoms with E-state index in [0.29, 0.717) is 12.3 Å². The second-order valence-electron chi connectivity index (χ2n) is 8.39. The van der Waals surface area contributed by atoms with Crippen molar-refractivity contribution < 1.29 is 9.30 Å². The lowest BCUT2D eigenvalue weighted by Gasteiger charge is -2.28. The van der Waals surface area contributed by atoms with Gasteiger partial charge in [0.1, 0.15) is 5.75 Å². The van der Waals surface area contributed by atoms with Crippen molar-refractivity contribution in [3.05, 3.63) is 102 Å². The maximum absolute atomic E-state index is 14.5. The molecule has 32 heavy (non-hydrogen) atoms. The van der Waals surface area contributed by atoms with E-state index in [9.17, 15) is 4.57 Å². The molecule has 0 heterocycles. The molecule has 0 radical (unpaired) electrons. The number of nitrogens with one attached hydrogen (secondary N) is 1. The van der Waals surface area contributed by atoms with E-state index in [1.807, 2.05) is 84.9 Å². The molecule has 0 amide bonds. The molecular weight excluding hydrogens is 415 g/mol. The Labute approximate surface area is 191 Å². The Balaban J connectivity index is 1.94. The largest absolute Gasteiger partial charge is 0.497 e. The summed E-state index contributed by atoms with van der Waals surface area (Å²) in [6.07, 6.45) is 1.41. The van der Waals surface area contributed by atoms with Crippen LogP contribution >= 0.6 is 7.29 Å². The summed E-state index contributed by atoms with van der Waals surface area (Å²) in [4.78, 5) is 3.92. The van der Waals surface area contributed by atoms with E-state index < -0.39 is 7.29 Å². The maximum atomic E-state index is 14.5. The van der Waals surface area contributed by atoms with Gasteiger partial charge in [0.15, 0.2) is 0 Å². The zero-order valence-electron chi connectivity index (χ0n) is 18.9. The summed E-state index contributed by atoms with van der Waals surface area (Å²) in [6, 6.07) is 26.5. The average Bonchev–Trinajstić information content (AvgIpc) is 2.83. The molecule has 166 valence electrons. The van der Waals surface area contributed by atoms with Crippen molar-refractivity contribution >= 4 is 17.9 Å².